The molecule has 170 valence electrons. The van der Waals surface area contributed by atoms with Crippen LogP contribution >= 0.6 is 35.0 Å². The highest BCUT2D eigenvalue weighted by Crippen LogP contribution is 2.36. The van der Waals surface area contributed by atoms with Crippen LogP contribution in [-0.4, -0.2) is 38.4 Å². The topological polar surface area (TPSA) is 63.9 Å². The minimum Gasteiger partial charge on any atom is -0.353 e. The number of halogens is 2. The molecule has 0 radical (unpaired) electrons. The molecular weight excluding hydrogens is 465 g/mol. The summed E-state index contributed by atoms with van der Waals surface area (Å²) in [5, 5.41) is 1.21. The van der Waals surface area contributed by atoms with Crippen molar-refractivity contribution < 1.29 is 0 Å². The molecule has 0 saturated carbocycles. The zero-order valence-corrected chi connectivity index (χ0v) is 21.2. The summed E-state index contributed by atoms with van der Waals surface area (Å²) in [6.45, 7) is 9.32. The fraction of sp³-hybridized carbons (Fsp3) is 0.478. The second-order valence-corrected chi connectivity index (χ2v) is 10.4. The van der Waals surface area contributed by atoms with Crippen molar-refractivity contribution in [2.75, 3.05) is 17.7 Å². The maximum absolute atomic E-state index is 13.6. The second-order valence-electron chi connectivity index (χ2n) is 8.77. The SMILES string of the molecule is CSc1ccnc(C(C)C)c1-n1c(=O)nc(N2C[C@@H](C)CC[C@@H]2C)c2cc(Cl)c(Cl)nc21. The molecule has 4 heterocycles. The summed E-state index contributed by atoms with van der Waals surface area (Å²) in [5.41, 5.74) is 1.57. The Hall–Kier alpha value is -1.83. The van der Waals surface area contributed by atoms with Gasteiger partial charge in [0.2, 0.25) is 0 Å². The first-order valence-electron chi connectivity index (χ1n) is 10.8. The normalized spacial score (nSPS) is 19.2. The summed E-state index contributed by atoms with van der Waals surface area (Å²) in [7, 11) is 0. The van der Waals surface area contributed by atoms with Gasteiger partial charge in [-0.25, -0.2) is 14.3 Å². The van der Waals surface area contributed by atoms with Crippen LogP contribution in [-0.2, 0) is 0 Å². The lowest BCUT2D eigenvalue weighted by Gasteiger charge is -2.38. The molecule has 2 atom stereocenters. The highest BCUT2D eigenvalue weighted by atomic mass is 35.5. The Labute approximate surface area is 202 Å². The molecule has 32 heavy (non-hydrogen) atoms. The van der Waals surface area contributed by atoms with Crippen LogP contribution < -0.4 is 10.6 Å². The second kappa shape index (κ2) is 9.20. The first kappa shape index (κ1) is 23.3. The van der Waals surface area contributed by atoms with E-state index < -0.39 is 5.69 Å². The quantitative estimate of drug-likeness (QED) is 0.331. The maximum Gasteiger partial charge on any atom is 0.355 e. The number of hydrogen-bond donors (Lipinski definition) is 0. The Morgan fingerprint density at radius 3 is 2.62 bits per heavy atom. The van der Waals surface area contributed by atoms with Crippen LogP contribution in [0.5, 0.6) is 0 Å². The zero-order valence-electron chi connectivity index (χ0n) is 18.9. The van der Waals surface area contributed by atoms with E-state index in [-0.39, 0.29) is 17.1 Å². The van der Waals surface area contributed by atoms with Crippen molar-refractivity contribution in [3.8, 4) is 5.69 Å². The van der Waals surface area contributed by atoms with Gasteiger partial charge in [-0.15, -0.1) is 11.8 Å². The third-order valence-electron chi connectivity index (χ3n) is 6.05. The standard InChI is InChI=1S/C23H27Cl2N5OS/c1-12(2)18-19(17(32-5)8-9-26-18)30-22-15(10-16(24)20(25)27-22)21(28-23(30)31)29-11-13(3)6-7-14(29)4/h8-10,12-14H,6-7,11H2,1-5H3/t13-,14-/m0/s1. The average molecular weight is 492 g/mol. The summed E-state index contributed by atoms with van der Waals surface area (Å²) in [6.07, 6.45) is 5.95. The smallest absolute Gasteiger partial charge is 0.353 e. The Morgan fingerprint density at radius 2 is 1.94 bits per heavy atom. The van der Waals surface area contributed by atoms with Crippen LogP contribution in [0.2, 0.25) is 10.2 Å². The van der Waals surface area contributed by atoms with E-state index in [4.69, 9.17) is 23.2 Å². The van der Waals surface area contributed by atoms with Crippen LogP contribution in [0, 0.1) is 5.92 Å². The molecule has 1 saturated heterocycles. The molecule has 0 unspecified atom stereocenters. The first-order valence-corrected chi connectivity index (χ1v) is 12.8. The highest BCUT2D eigenvalue weighted by Gasteiger charge is 2.29. The lowest BCUT2D eigenvalue weighted by atomic mass is 9.95. The number of nitrogens with zero attached hydrogens (tertiary/aromatic N) is 5. The van der Waals surface area contributed by atoms with Crippen LogP contribution in [0.25, 0.3) is 16.7 Å². The van der Waals surface area contributed by atoms with Crippen LogP contribution in [0.15, 0.2) is 28.0 Å². The predicted octanol–water partition coefficient (Wildman–Crippen LogP) is 5.95. The van der Waals surface area contributed by atoms with Crippen molar-refractivity contribution in [3.63, 3.8) is 0 Å². The summed E-state index contributed by atoms with van der Waals surface area (Å²) in [5.74, 6) is 1.23. The number of fused-ring (bicyclic) bond motifs is 1. The molecule has 0 aromatic carbocycles. The van der Waals surface area contributed by atoms with Crippen molar-refractivity contribution in [1.82, 2.24) is 19.5 Å². The van der Waals surface area contributed by atoms with E-state index in [0.717, 1.165) is 30.0 Å². The lowest BCUT2D eigenvalue weighted by Crippen LogP contribution is -2.43. The van der Waals surface area contributed by atoms with E-state index in [1.807, 2.05) is 12.3 Å². The molecule has 1 fully saturated rings. The van der Waals surface area contributed by atoms with Gasteiger partial charge in [0.15, 0.2) is 5.65 Å². The minimum atomic E-state index is -0.394. The number of pyridine rings is 2. The van der Waals surface area contributed by atoms with Gasteiger partial charge in [0.25, 0.3) is 0 Å². The molecule has 3 aromatic heterocycles. The Bertz CT molecular complexity index is 1230. The molecule has 4 rings (SSSR count). The number of anilines is 1. The van der Waals surface area contributed by atoms with Gasteiger partial charge in [-0.1, -0.05) is 44.0 Å². The molecule has 0 spiro atoms. The van der Waals surface area contributed by atoms with Crippen LogP contribution in [0.3, 0.4) is 0 Å². The van der Waals surface area contributed by atoms with Gasteiger partial charge in [-0.05, 0) is 50.0 Å². The largest absolute Gasteiger partial charge is 0.355 e. The van der Waals surface area contributed by atoms with Gasteiger partial charge < -0.3 is 4.90 Å². The van der Waals surface area contributed by atoms with E-state index in [1.165, 1.54) is 0 Å². The molecule has 3 aromatic rings. The maximum atomic E-state index is 13.6. The van der Waals surface area contributed by atoms with E-state index >= 15 is 0 Å². The molecule has 6 nitrogen and oxygen atoms in total. The molecule has 1 aliphatic rings. The summed E-state index contributed by atoms with van der Waals surface area (Å²) >= 11 is 14.3. The third-order valence-corrected chi connectivity index (χ3v) is 7.50. The summed E-state index contributed by atoms with van der Waals surface area (Å²) in [6, 6.07) is 3.95. The third kappa shape index (κ3) is 4.11. The first-order chi connectivity index (χ1) is 15.2. The molecular formula is C23H27Cl2N5OS. The van der Waals surface area contributed by atoms with Crippen LogP contribution in [0.4, 0.5) is 5.82 Å². The average Bonchev–Trinajstić information content (AvgIpc) is 2.76. The Morgan fingerprint density at radius 1 is 1.19 bits per heavy atom. The van der Waals surface area contributed by atoms with Crippen molar-refractivity contribution in [1.29, 1.82) is 0 Å². The van der Waals surface area contributed by atoms with Crippen LogP contribution in [0.1, 0.15) is 52.1 Å². The zero-order chi connectivity index (χ0) is 23.2. The van der Waals surface area contributed by atoms with E-state index in [0.29, 0.717) is 33.5 Å². The molecule has 9 heteroatoms. The minimum absolute atomic E-state index is 0.101. The van der Waals surface area contributed by atoms with Gasteiger partial charge in [0, 0.05) is 23.7 Å². The molecule has 1 aliphatic heterocycles. The summed E-state index contributed by atoms with van der Waals surface area (Å²) < 4.78 is 1.55. The number of aromatic nitrogens is 4. The number of rotatable bonds is 4. The molecule has 0 aliphatic carbocycles. The number of hydrogen-bond acceptors (Lipinski definition) is 6. The fourth-order valence-electron chi connectivity index (χ4n) is 4.35. The monoisotopic (exact) mass is 491 g/mol. The predicted molar refractivity (Wildman–Crippen MR) is 134 cm³/mol. The van der Waals surface area contributed by atoms with Crippen molar-refractivity contribution in [3.05, 3.63) is 44.7 Å². The lowest BCUT2D eigenvalue weighted by molar-refractivity contribution is 0.388. The molecule has 0 bridgehead atoms. The number of piperidine rings is 1. The van der Waals surface area contributed by atoms with Crippen molar-refractivity contribution in [2.45, 2.75) is 57.4 Å². The van der Waals surface area contributed by atoms with Crippen molar-refractivity contribution in [2.24, 2.45) is 5.92 Å². The van der Waals surface area contributed by atoms with Gasteiger partial charge in [0.1, 0.15) is 11.0 Å². The van der Waals surface area contributed by atoms with Gasteiger partial charge in [-0.2, -0.15) is 4.98 Å². The highest BCUT2D eigenvalue weighted by molar-refractivity contribution is 7.98. The van der Waals surface area contributed by atoms with Gasteiger partial charge in [0.05, 0.1) is 21.8 Å². The van der Waals surface area contributed by atoms with Gasteiger partial charge in [-0.3, -0.25) is 4.98 Å². The molecule has 0 N–H and O–H groups in total. The molecule has 0 amide bonds. The summed E-state index contributed by atoms with van der Waals surface area (Å²) in [4.78, 5) is 30.5. The van der Waals surface area contributed by atoms with Crippen molar-refractivity contribution >= 4 is 51.8 Å². The Kier molecular flexibility index (Phi) is 6.71. The Balaban J connectivity index is 2.09. The fourth-order valence-corrected chi connectivity index (χ4v) is 5.22. The van der Waals surface area contributed by atoms with E-state index in [9.17, 15) is 4.79 Å². The van der Waals surface area contributed by atoms with Gasteiger partial charge >= 0.3 is 5.69 Å². The van der Waals surface area contributed by atoms with E-state index in [2.05, 4.69) is 47.5 Å². The number of thioether (sulfide) groups is 1. The van der Waals surface area contributed by atoms with E-state index in [1.54, 1.807) is 28.6 Å².